The van der Waals surface area contributed by atoms with Crippen LogP contribution in [0, 0.1) is 0 Å². The Morgan fingerprint density at radius 2 is 1.88 bits per heavy atom. The molecule has 0 spiro atoms. The topological polar surface area (TPSA) is 111 Å². The summed E-state index contributed by atoms with van der Waals surface area (Å²) in [5.41, 5.74) is 1.06. The van der Waals surface area contributed by atoms with Gasteiger partial charge in [0.25, 0.3) is 5.91 Å². The highest BCUT2D eigenvalue weighted by Gasteiger charge is 2.48. The molecule has 0 bridgehead atoms. The predicted octanol–water partition coefficient (Wildman–Crippen LogP) is 4.14. The van der Waals surface area contributed by atoms with E-state index in [2.05, 4.69) is 4.98 Å². The number of carbonyl (C=O) groups excluding carboxylic acids is 3. The zero-order valence-electron chi connectivity index (χ0n) is 18.1. The van der Waals surface area contributed by atoms with Crippen molar-refractivity contribution in [2.45, 2.75) is 31.8 Å². The summed E-state index contributed by atoms with van der Waals surface area (Å²) in [7, 11) is 0. The number of aromatic nitrogens is 1. The zero-order chi connectivity index (χ0) is 24.1. The van der Waals surface area contributed by atoms with E-state index in [1.165, 1.54) is 40.2 Å². The number of anilines is 1. The lowest BCUT2D eigenvalue weighted by molar-refractivity contribution is -0.134. The van der Waals surface area contributed by atoms with Gasteiger partial charge >= 0.3 is 0 Å². The zero-order valence-corrected chi connectivity index (χ0v) is 19.6. The summed E-state index contributed by atoms with van der Waals surface area (Å²) in [5, 5.41) is 21.5. The van der Waals surface area contributed by atoms with Crippen LogP contribution < -0.4 is 4.90 Å². The van der Waals surface area contributed by atoms with E-state index in [9.17, 15) is 24.6 Å². The Balaban J connectivity index is 1.64. The monoisotopic (exact) mass is 497 g/mol. The molecule has 1 fully saturated rings. The summed E-state index contributed by atoms with van der Waals surface area (Å²) in [6.07, 6.45) is 1.11. The largest absolute Gasteiger partial charge is 0.508 e. The first-order valence-corrected chi connectivity index (χ1v) is 11.9. The van der Waals surface area contributed by atoms with Crippen molar-refractivity contribution < 1.29 is 24.6 Å². The summed E-state index contributed by atoms with van der Waals surface area (Å²) >= 11 is 7.32. The van der Waals surface area contributed by atoms with Gasteiger partial charge in [0, 0.05) is 18.5 Å². The van der Waals surface area contributed by atoms with E-state index in [1.54, 1.807) is 30.3 Å². The number of benzene rings is 2. The van der Waals surface area contributed by atoms with Crippen LogP contribution in [0.1, 0.15) is 31.4 Å². The second-order valence-electron chi connectivity index (χ2n) is 8.27. The number of phenols is 1. The number of phenolic OH excluding ortho intramolecular Hbond substituents is 1. The third-order valence-electron chi connectivity index (χ3n) is 6.19. The van der Waals surface area contributed by atoms with Crippen molar-refractivity contribution in [3.63, 3.8) is 0 Å². The van der Waals surface area contributed by atoms with Crippen LogP contribution in [-0.4, -0.2) is 50.3 Å². The number of thiazole rings is 1. The van der Waals surface area contributed by atoms with Crippen LogP contribution in [0.4, 0.5) is 5.13 Å². The van der Waals surface area contributed by atoms with Gasteiger partial charge < -0.3 is 15.1 Å². The molecule has 34 heavy (non-hydrogen) atoms. The van der Waals surface area contributed by atoms with Crippen molar-refractivity contribution in [1.82, 2.24) is 9.88 Å². The first-order chi connectivity index (χ1) is 16.3. The number of Topliss-reactive ketones (excluding diaryl/α,β-unsaturated/α-hetero) is 1. The number of aliphatic hydroxyl groups excluding tert-OH is 1. The Kier molecular flexibility index (Phi) is 5.53. The van der Waals surface area contributed by atoms with Gasteiger partial charge in [0.1, 0.15) is 5.75 Å². The van der Waals surface area contributed by atoms with Crippen LogP contribution in [0.25, 0.3) is 10.2 Å². The lowest BCUT2D eigenvalue weighted by atomic mass is 9.92. The van der Waals surface area contributed by atoms with Crippen molar-refractivity contribution in [3.05, 3.63) is 64.4 Å². The van der Waals surface area contributed by atoms with Crippen molar-refractivity contribution in [1.29, 1.82) is 0 Å². The number of hydrogen-bond donors (Lipinski definition) is 2. The molecule has 2 aliphatic heterocycles. The third kappa shape index (κ3) is 3.61. The second kappa shape index (κ2) is 8.41. The summed E-state index contributed by atoms with van der Waals surface area (Å²) < 4.78 is 0.748. The normalized spacial score (nSPS) is 20.6. The molecule has 0 radical (unpaired) electrons. The van der Waals surface area contributed by atoms with Crippen LogP contribution in [0.3, 0.4) is 0 Å². The number of ketones is 1. The molecular formula is C24H20ClN3O5S. The van der Waals surface area contributed by atoms with Crippen LogP contribution in [-0.2, 0) is 14.4 Å². The van der Waals surface area contributed by atoms with Gasteiger partial charge in [0.15, 0.2) is 16.7 Å². The molecule has 2 aliphatic rings. The van der Waals surface area contributed by atoms with Crippen LogP contribution in [0.15, 0.2) is 53.8 Å². The Morgan fingerprint density at radius 3 is 2.59 bits per heavy atom. The smallest absolute Gasteiger partial charge is 0.296 e. The van der Waals surface area contributed by atoms with E-state index in [0.29, 0.717) is 40.6 Å². The average Bonchev–Trinajstić information content (AvgIpc) is 3.50. The van der Waals surface area contributed by atoms with Gasteiger partial charge in [-0.1, -0.05) is 35.1 Å². The molecule has 8 nitrogen and oxygen atoms in total. The van der Waals surface area contributed by atoms with E-state index in [4.69, 9.17) is 11.6 Å². The highest BCUT2D eigenvalue weighted by atomic mass is 35.5. The minimum atomic E-state index is -0.967. The Labute approximate surface area is 203 Å². The van der Waals surface area contributed by atoms with Crippen LogP contribution in [0.2, 0.25) is 5.02 Å². The molecule has 5 rings (SSSR count). The predicted molar refractivity (Wildman–Crippen MR) is 128 cm³/mol. The Hall–Kier alpha value is -3.43. The summed E-state index contributed by atoms with van der Waals surface area (Å²) in [6, 6.07) is 9.52. The number of carbonyl (C=O) groups is 3. The molecule has 1 saturated heterocycles. The molecular weight excluding hydrogens is 478 g/mol. The van der Waals surface area contributed by atoms with Gasteiger partial charge in [0.05, 0.1) is 27.9 Å². The van der Waals surface area contributed by atoms with E-state index < -0.39 is 29.5 Å². The van der Waals surface area contributed by atoms with E-state index in [-0.39, 0.29) is 17.2 Å². The Morgan fingerprint density at radius 1 is 1.15 bits per heavy atom. The molecule has 3 aromatic rings. The third-order valence-corrected chi connectivity index (χ3v) is 7.44. The Bertz CT molecular complexity index is 1370. The maximum absolute atomic E-state index is 13.7. The summed E-state index contributed by atoms with van der Waals surface area (Å²) in [5.74, 6) is -2.09. The highest BCUT2D eigenvalue weighted by Crippen LogP contribution is 2.45. The minimum Gasteiger partial charge on any atom is -0.508 e. The molecule has 2 N–H and O–H groups in total. The maximum Gasteiger partial charge on any atom is 0.296 e. The van der Waals surface area contributed by atoms with Crippen molar-refractivity contribution in [2.75, 3.05) is 11.4 Å². The number of likely N-dealkylation sites (tertiary alicyclic amines) is 1. The number of fused-ring (bicyclic) bond motifs is 1. The number of rotatable bonds is 4. The molecule has 0 saturated carbocycles. The van der Waals surface area contributed by atoms with Crippen molar-refractivity contribution in [2.24, 2.45) is 0 Å². The van der Waals surface area contributed by atoms with E-state index in [0.717, 1.165) is 4.70 Å². The van der Waals surface area contributed by atoms with Gasteiger partial charge in [-0.25, -0.2) is 4.98 Å². The number of halogens is 1. The number of aromatic hydroxyl groups is 1. The lowest BCUT2D eigenvalue weighted by Crippen LogP contribution is -2.41. The molecule has 10 heteroatoms. The fourth-order valence-corrected chi connectivity index (χ4v) is 5.88. The average molecular weight is 498 g/mol. The van der Waals surface area contributed by atoms with Crippen LogP contribution >= 0.6 is 22.9 Å². The fraction of sp³-hybridized carbons (Fsp3) is 0.250. The highest BCUT2D eigenvalue weighted by molar-refractivity contribution is 7.22. The molecule has 174 valence electrons. The molecule has 3 heterocycles. The van der Waals surface area contributed by atoms with Crippen LogP contribution in [0.5, 0.6) is 5.75 Å². The van der Waals surface area contributed by atoms with E-state index >= 15 is 0 Å². The number of nitrogens with zero attached hydrogens (tertiary/aromatic N) is 3. The van der Waals surface area contributed by atoms with Gasteiger partial charge in [-0.15, -0.1) is 0 Å². The van der Waals surface area contributed by atoms with Gasteiger partial charge in [-0.3, -0.25) is 19.3 Å². The molecule has 2 unspecified atom stereocenters. The first kappa shape index (κ1) is 22.4. The fourth-order valence-electron chi connectivity index (χ4n) is 4.61. The standard InChI is InChI=1S/C24H20ClN3O5S/c1-12(29)27-10-2-3-17(27)21(31)19-20(13-4-7-15(30)8-5-13)28(23(33)22(19)32)24-26-16-9-6-14(25)11-18(16)34-24/h4-9,11,17,20,30,32H,2-3,10H2,1H3. The molecule has 2 aromatic carbocycles. The van der Waals surface area contributed by atoms with Crippen molar-refractivity contribution >= 4 is 55.9 Å². The summed E-state index contributed by atoms with van der Waals surface area (Å²) in [6.45, 7) is 1.84. The minimum absolute atomic E-state index is 0.0221. The first-order valence-electron chi connectivity index (χ1n) is 10.7. The van der Waals surface area contributed by atoms with E-state index in [1.807, 2.05) is 0 Å². The van der Waals surface area contributed by atoms with Gasteiger partial charge in [-0.05, 0) is 48.7 Å². The molecule has 1 aromatic heterocycles. The number of hydrogen-bond acceptors (Lipinski definition) is 7. The number of amides is 2. The quantitative estimate of drug-likeness (QED) is 0.560. The van der Waals surface area contributed by atoms with Crippen molar-refractivity contribution in [3.8, 4) is 5.75 Å². The number of aliphatic hydroxyl groups is 1. The molecule has 2 atom stereocenters. The maximum atomic E-state index is 13.7. The summed E-state index contributed by atoms with van der Waals surface area (Å²) in [4.78, 5) is 46.4. The molecule has 0 aliphatic carbocycles. The van der Waals surface area contributed by atoms with Gasteiger partial charge in [0.2, 0.25) is 5.91 Å². The second-order valence-corrected chi connectivity index (χ2v) is 9.72. The molecule has 2 amide bonds. The SMILES string of the molecule is CC(=O)N1CCCC1C(=O)C1=C(O)C(=O)N(c2nc3ccc(Cl)cc3s2)C1c1ccc(O)cc1. The van der Waals surface area contributed by atoms with Gasteiger partial charge in [-0.2, -0.15) is 0 Å². The lowest BCUT2D eigenvalue weighted by Gasteiger charge is -2.27.